The van der Waals surface area contributed by atoms with Crippen molar-refractivity contribution in [2.45, 2.75) is 23.8 Å². The fourth-order valence-corrected chi connectivity index (χ4v) is 4.90. The molecule has 4 rings (SSSR count). The van der Waals surface area contributed by atoms with Crippen molar-refractivity contribution in [3.05, 3.63) is 60.0 Å². The predicted molar refractivity (Wildman–Crippen MR) is 90.5 cm³/mol. The van der Waals surface area contributed by atoms with E-state index < -0.39 is 9.84 Å². The van der Waals surface area contributed by atoms with Gasteiger partial charge in [-0.1, -0.05) is 18.2 Å². The molecule has 3 heterocycles. The van der Waals surface area contributed by atoms with Crippen molar-refractivity contribution < 1.29 is 8.42 Å². The molecule has 1 atom stereocenters. The molecule has 24 heavy (non-hydrogen) atoms. The largest absolute Gasteiger partial charge is 0.312 e. The van der Waals surface area contributed by atoms with E-state index in [1.807, 2.05) is 30.6 Å². The molecule has 1 aliphatic heterocycles. The second kappa shape index (κ2) is 5.99. The van der Waals surface area contributed by atoms with Gasteiger partial charge < -0.3 is 5.32 Å². The van der Waals surface area contributed by atoms with Crippen molar-refractivity contribution in [1.82, 2.24) is 19.9 Å². The summed E-state index contributed by atoms with van der Waals surface area (Å²) < 4.78 is 26.1. The van der Waals surface area contributed by atoms with Crippen molar-refractivity contribution in [1.29, 1.82) is 0 Å². The van der Waals surface area contributed by atoms with Crippen LogP contribution in [-0.2, 0) is 16.4 Å². The van der Waals surface area contributed by atoms with Crippen LogP contribution in [0, 0.1) is 0 Å². The number of fused-ring (bicyclic) bond motifs is 2. The van der Waals surface area contributed by atoms with E-state index in [9.17, 15) is 8.42 Å². The zero-order chi connectivity index (χ0) is 16.6. The van der Waals surface area contributed by atoms with Gasteiger partial charge in [0.15, 0.2) is 15.5 Å². The molecule has 0 amide bonds. The zero-order valence-electron chi connectivity index (χ0n) is 13.1. The number of sulfone groups is 1. The Morgan fingerprint density at radius 2 is 2.12 bits per heavy atom. The van der Waals surface area contributed by atoms with Crippen LogP contribution >= 0.6 is 0 Å². The highest BCUT2D eigenvalue weighted by Gasteiger charge is 2.29. The highest BCUT2D eigenvalue weighted by molar-refractivity contribution is 7.91. The van der Waals surface area contributed by atoms with E-state index in [-0.39, 0.29) is 11.7 Å². The summed E-state index contributed by atoms with van der Waals surface area (Å²) >= 11 is 0. The lowest BCUT2D eigenvalue weighted by atomic mass is 9.96. The number of nitrogens with one attached hydrogen (secondary N) is 1. The summed E-state index contributed by atoms with van der Waals surface area (Å²) in [6.45, 7) is 1.41. The van der Waals surface area contributed by atoms with Crippen molar-refractivity contribution in [3.63, 3.8) is 0 Å². The maximum atomic E-state index is 12.2. The highest BCUT2D eigenvalue weighted by Crippen LogP contribution is 2.33. The molecule has 124 valence electrons. The summed E-state index contributed by atoms with van der Waals surface area (Å²) in [6.07, 6.45) is 6.17. The lowest BCUT2D eigenvalue weighted by Crippen LogP contribution is -2.28. The molecule has 7 heteroatoms. The van der Waals surface area contributed by atoms with Crippen LogP contribution < -0.4 is 5.32 Å². The molecule has 0 saturated carbocycles. The molecule has 0 bridgehead atoms. The van der Waals surface area contributed by atoms with Crippen LogP contribution in [0.25, 0.3) is 5.65 Å². The van der Waals surface area contributed by atoms with E-state index in [4.69, 9.17) is 0 Å². The van der Waals surface area contributed by atoms with Crippen LogP contribution in [0.5, 0.6) is 0 Å². The van der Waals surface area contributed by atoms with Crippen LogP contribution in [0.15, 0.2) is 53.8 Å². The molecule has 2 aromatic heterocycles. The van der Waals surface area contributed by atoms with E-state index in [1.165, 1.54) is 0 Å². The first kappa shape index (κ1) is 15.3. The Bertz CT molecular complexity index is 981. The van der Waals surface area contributed by atoms with E-state index >= 15 is 0 Å². The number of rotatable bonds is 4. The molecule has 6 nitrogen and oxygen atoms in total. The molecule has 1 aliphatic rings. The number of benzene rings is 1. The van der Waals surface area contributed by atoms with Gasteiger partial charge in [-0.15, -0.1) is 0 Å². The molecule has 1 N–H and O–H groups in total. The van der Waals surface area contributed by atoms with Crippen LogP contribution in [0.2, 0.25) is 0 Å². The summed E-state index contributed by atoms with van der Waals surface area (Å²) in [6, 6.07) is 9.19. The topological polar surface area (TPSA) is 76.4 Å². The second-order valence-corrected chi connectivity index (χ2v) is 8.15. The van der Waals surface area contributed by atoms with Crippen LogP contribution in [0.1, 0.15) is 23.5 Å². The summed E-state index contributed by atoms with van der Waals surface area (Å²) in [5, 5.41) is 7.60. The number of hydrogen-bond acceptors (Lipinski definition) is 5. The molecule has 1 unspecified atom stereocenters. The summed E-state index contributed by atoms with van der Waals surface area (Å²) in [5.74, 6) is 0.433. The SMILES string of the molecule is O=S1(=O)CCC(CNCc2cnc3ccnn3c2)c2ccccc21. The summed E-state index contributed by atoms with van der Waals surface area (Å²) in [7, 11) is -3.12. The van der Waals surface area contributed by atoms with Gasteiger partial charge in [-0.25, -0.2) is 17.9 Å². The van der Waals surface area contributed by atoms with E-state index in [0.29, 0.717) is 17.9 Å². The normalized spacial score (nSPS) is 19.2. The molecule has 0 saturated heterocycles. The first-order valence-corrected chi connectivity index (χ1v) is 9.59. The average molecular weight is 342 g/mol. The molecule has 0 radical (unpaired) electrons. The fourth-order valence-electron chi connectivity index (χ4n) is 3.21. The minimum absolute atomic E-state index is 0.214. The van der Waals surface area contributed by atoms with Crippen LogP contribution in [-0.4, -0.2) is 35.3 Å². The lowest BCUT2D eigenvalue weighted by Gasteiger charge is -2.25. The van der Waals surface area contributed by atoms with Crippen molar-refractivity contribution in [2.75, 3.05) is 12.3 Å². The van der Waals surface area contributed by atoms with Gasteiger partial charge in [0.1, 0.15) is 0 Å². The minimum atomic E-state index is -3.12. The Balaban J connectivity index is 1.46. The minimum Gasteiger partial charge on any atom is -0.312 e. The van der Waals surface area contributed by atoms with Gasteiger partial charge in [0.25, 0.3) is 0 Å². The van der Waals surface area contributed by atoms with Crippen molar-refractivity contribution in [2.24, 2.45) is 0 Å². The molecule has 0 aliphatic carbocycles. The van der Waals surface area contributed by atoms with Gasteiger partial charge in [0.2, 0.25) is 0 Å². The first-order chi connectivity index (χ1) is 11.6. The third-order valence-corrected chi connectivity index (χ3v) is 6.26. The van der Waals surface area contributed by atoms with Gasteiger partial charge in [-0.3, -0.25) is 0 Å². The quantitative estimate of drug-likeness (QED) is 0.782. The monoisotopic (exact) mass is 342 g/mol. The molecule has 3 aromatic rings. The smallest absolute Gasteiger partial charge is 0.178 e. The predicted octanol–water partition coefficient (Wildman–Crippen LogP) is 1.78. The highest BCUT2D eigenvalue weighted by atomic mass is 32.2. The number of hydrogen-bond donors (Lipinski definition) is 1. The van der Waals surface area contributed by atoms with Crippen molar-refractivity contribution >= 4 is 15.5 Å². The van der Waals surface area contributed by atoms with Gasteiger partial charge >= 0.3 is 0 Å². The van der Waals surface area contributed by atoms with E-state index in [2.05, 4.69) is 15.4 Å². The van der Waals surface area contributed by atoms with Gasteiger partial charge in [0.05, 0.1) is 16.8 Å². The summed E-state index contributed by atoms with van der Waals surface area (Å²) in [4.78, 5) is 4.83. The molecule has 1 aromatic carbocycles. The maximum absolute atomic E-state index is 12.2. The third-order valence-electron chi connectivity index (χ3n) is 4.45. The lowest BCUT2D eigenvalue weighted by molar-refractivity contribution is 0.532. The Morgan fingerprint density at radius 3 is 3.04 bits per heavy atom. The van der Waals surface area contributed by atoms with Crippen molar-refractivity contribution in [3.8, 4) is 0 Å². The Morgan fingerprint density at radius 1 is 1.25 bits per heavy atom. The van der Waals surface area contributed by atoms with Gasteiger partial charge in [0, 0.05) is 37.1 Å². The first-order valence-electron chi connectivity index (χ1n) is 7.94. The molecule has 0 spiro atoms. The molecular formula is C17H18N4O2S. The second-order valence-electron chi connectivity index (χ2n) is 6.07. The maximum Gasteiger partial charge on any atom is 0.178 e. The fraction of sp³-hybridized carbons (Fsp3) is 0.294. The number of nitrogens with zero attached hydrogens (tertiary/aromatic N) is 3. The standard InChI is InChI=1S/C17H18N4O2S/c22-24(23)8-6-14(15-3-1-2-4-16(15)24)11-18-9-13-10-19-17-5-7-20-21(17)12-13/h1-5,7,10,12,14,18H,6,8-9,11H2. The van der Waals surface area contributed by atoms with E-state index in [0.717, 1.165) is 23.3 Å². The van der Waals surface area contributed by atoms with E-state index in [1.54, 1.807) is 22.8 Å². The zero-order valence-corrected chi connectivity index (χ0v) is 13.9. The number of aromatic nitrogens is 3. The summed E-state index contributed by atoms with van der Waals surface area (Å²) in [5.41, 5.74) is 2.80. The Labute approximate surface area is 140 Å². The third kappa shape index (κ3) is 2.81. The van der Waals surface area contributed by atoms with Gasteiger partial charge in [-0.05, 0) is 24.0 Å². The Kier molecular flexibility index (Phi) is 3.82. The molecular weight excluding hydrogens is 324 g/mol. The Hall–Kier alpha value is -2.25. The molecule has 0 fully saturated rings. The average Bonchev–Trinajstić information content (AvgIpc) is 3.05. The van der Waals surface area contributed by atoms with Crippen LogP contribution in [0.3, 0.4) is 0 Å². The van der Waals surface area contributed by atoms with Crippen LogP contribution in [0.4, 0.5) is 0 Å². The van der Waals surface area contributed by atoms with Gasteiger partial charge in [-0.2, -0.15) is 5.10 Å².